The molecule has 27 heavy (non-hydrogen) atoms. The minimum atomic E-state index is -0.261. The van der Waals surface area contributed by atoms with E-state index in [4.69, 9.17) is 25.5 Å². The van der Waals surface area contributed by atoms with Crippen molar-refractivity contribution in [1.29, 1.82) is 0 Å². The number of hydrogen-bond acceptors (Lipinski definition) is 7. The molecule has 0 spiro atoms. The van der Waals surface area contributed by atoms with Gasteiger partial charge in [-0.3, -0.25) is 10.1 Å². The lowest BCUT2D eigenvalue weighted by Gasteiger charge is -2.07. The van der Waals surface area contributed by atoms with Gasteiger partial charge in [0.25, 0.3) is 5.89 Å². The maximum Gasteiger partial charge on any atom is 0.322 e. The van der Waals surface area contributed by atoms with Gasteiger partial charge in [-0.1, -0.05) is 16.7 Å². The van der Waals surface area contributed by atoms with Gasteiger partial charge < -0.3 is 13.9 Å². The molecule has 0 fully saturated rings. The van der Waals surface area contributed by atoms with E-state index >= 15 is 0 Å². The lowest BCUT2D eigenvalue weighted by Crippen LogP contribution is -2.14. The molecule has 7 nitrogen and oxygen atoms in total. The molecule has 0 aliphatic heterocycles. The molecule has 1 heterocycles. The molecule has 0 bridgehead atoms. The summed E-state index contributed by atoms with van der Waals surface area (Å²) in [6, 6.07) is 12.5. The van der Waals surface area contributed by atoms with Crippen LogP contribution < -0.4 is 14.8 Å². The van der Waals surface area contributed by atoms with Crippen molar-refractivity contribution in [2.45, 2.75) is 4.90 Å². The van der Waals surface area contributed by atoms with E-state index in [9.17, 15) is 4.79 Å². The Morgan fingerprint density at radius 1 is 1.15 bits per heavy atom. The number of thioether (sulfide) groups is 1. The van der Waals surface area contributed by atoms with Crippen LogP contribution in [0.15, 0.2) is 51.8 Å². The highest BCUT2D eigenvalue weighted by Gasteiger charge is 2.16. The van der Waals surface area contributed by atoms with Crippen LogP contribution in [0.5, 0.6) is 11.5 Å². The van der Waals surface area contributed by atoms with E-state index in [1.165, 1.54) is 11.8 Å². The van der Waals surface area contributed by atoms with Gasteiger partial charge in [0.15, 0.2) is 0 Å². The minimum absolute atomic E-state index is 0.0107. The molecule has 0 saturated carbocycles. The third-order valence-corrected chi connectivity index (χ3v) is 4.76. The number of carbonyl (C=O) groups excluding carboxylic acids is 1. The van der Waals surface area contributed by atoms with Crippen LogP contribution in [0.3, 0.4) is 0 Å². The van der Waals surface area contributed by atoms with Crippen LogP contribution in [0.25, 0.3) is 11.5 Å². The second-order valence-corrected chi connectivity index (χ2v) is 6.75. The Morgan fingerprint density at radius 2 is 1.93 bits per heavy atom. The Balaban J connectivity index is 1.65. The molecule has 0 aliphatic rings. The molecule has 0 radical (unpaired) electrons. The van der Waals surface area contributed by atoms with Crippen LogP contribution in [0, 0.1) is 0 Å². The van der Waals surface area contributed by atoms with Crippen molar-refractivity contribution in [3.8, 4) is 23.0 Å². The molecule has 1 N–H and O–H groups in total. The maximum absolute atomic E-state index is 12.1. The average Bonchev–Trinajstić information content (AvgIpc) is 3.15. The second-order valence-electron chi connectivity index (χ2n) is 5.27. The molecule has 1 amide bonds. The number of aromatic nitrogens is 2. The van der Waals surface area contributed by atoms with Gasteiger partial charge in [0.2, 0.25) is 5.91 Å². The Hall–Kier alpha value is -2.71. The summed E-state index contributed by atoms with van der Waals surface area (Å²) in [6.45, 7) is 0. The number of amides is 1. The number of anilines is 1. The van der Waals surface area contributed by atoms with E-state index in [2.05, 4.69) is 15.5 Å². The van der Waals surface area contributed by atoms with Crippen LogP contribution in [0.2, 0.25) is 5.02 Å². The van der Waals surface area contributed by atoms with Crippen molar-refractivity contribution in [2.75, 3.05) is 25.3 Å². The van der Waals surface area contributed by atoms with Gasteiger partial charge in [-0.05, 0) is 42.5 Å². The predicted molar refractivity (Wildman–Crippen MR) is 104 cm³/mol. The Morgan fingerprint density at radius 3 is 2.63 bits per heavy atom. The number of halogens is 1. The topological polar surface area (TPSA) is 86.5 Å². The van der Waals surface area contributed by atoms with Crippen molar-refractivity contribution in [3.63, 3.8) is 0 Å². The first-order chi connectivity index (χ1) is 13.1. The number of methoxy groups -OCH3 is 2. The normalized spacial score (nSPS) is 10.5. The molecule has 3 aromatic rings. The SMILES string of the molecule is COc1ccc(OC)c(-c2nnc(NC(=O)CSc3ccc(Cl)cc3)o2)c1. The standard InChI is InChI=1S/C18H16ClN3O4S/c1-24-12-5-8-15(25-2)14(9-12)17-21-22-18(26-17)20-16(23)10-27-13-6-3-11(19)4-7-13/h3-9H,10H2,1-2H3,(H,20,22,23). The number of hydrogen-bond donors (Lipinski definition) is 1. The van der Waals surface area contributed by atoms with Gasteiger partial charge in [-0.2, -0.15) is 0 Å². The first kappa shape index (κ1) is 19.1. The van der Waals surface area contributed by atoms with Crippen molar-refractivity contribution in [3.05, 3.63) is 47.5 Å². The Kier molecular flexibility index (Phi) is 6.20. The zero-order chi connectivity index (χ0) is 19.2. The fourth-order valence-electron chi connectivity index (χ4n) is 2.20. The highest BCUT2D eigenvalue weighted by molar-refractivity contribution is 8.00. The summed E-state index contributed by atoms with van der Waals surface area (Å²) in [6.07, 6.45) is 0. The number of nitrogens with zero attached hydrogens (tertiary/aromatic N) is 2. The van der Waals surface area contributed by atoms with Gasteiger partial charge in [-0.15, -0.1) is 16.9 Å². The minimum Gasteiger partial charge on any atom is -0.497 e. The number of ether oxygens (including phenoxy) is 2. The quantitative estimate of drug-likeness (QED) is 0.591. The van der Waals surface area contributed by atoms with Crippen LogP contribution in [-0.2, 0) is 4.79 Å². The van der Waals surface area contributed by atoms with Gasteiger partial charge in [0.1, 0.15) is 11.5 Å². The summed E-state index contributed by atoms with van der Waals surface area (Å²) in [4.78, 5) is 13.0. The van der Waals surface area contributed by atoms with E-state index in [-0.39, 0.29) is 23.6 Å². The third kappa shape index (κ3) is 4.93. The Bertz CT molecular complexity index is 931. The zero-order valence-corrected chi connectivity index (χ0v) is 16.1. The monoisotopic (exact) mass is 405 g/mol. The number of carbonyl (C=O) groups is 1. The second kappa shape index (κ2) is 8.79. The molecule has 140 valence electrons. The van der Waals surface area contributed by atoms with Gasteiger partial charge in [0, 0.05) is 9.92 Å². The molecule has 0 unspecified atom stereocenters. The molecule has 3 rings (SSSR count). The van der Waals surface area contributed by atoms with E-state index in [1.54, 1.807) is 44.6 Å². The maximum atomic E-state index is 12.1. The summed E-state index contributed by atoms with van der Waals surface area (Å²) < 4.78 is 16.0. The summed E-state index contributed by atoms with van der Waals surface area (Å²) in [5.41, 5.74) is 0.570. The molecule has 0 saturated heterocycles. The van der Waals surface area contributed by atoms with Crippen molar-refractivity contribution < 1.29 is 18.7 Å². The van der Waals surface area contributed by atoms with Crippen molar-refractivity contribution >= 4 is 35.3 Å². The van der Waals surface area contributed by atoms with Crippen LogP contribution >= 0.6 is 23.4 Å². The van der Waals surface area contributed by atoms with Gasteiger partial charge in [0.05, 0.1) is 25.5 Å². The smallest absolute Gasteiger partial charge is 0.322 e. The highest BCUT2D eigenvalue weighted by Crippen LogP contribution is 2.33. The van der Waals surface area contributed by atoms with E-state index in [1.807, 2.05) is 12.1 Å². The summed E-state index contributed by atoms with van der Waals surface area (Å²) >= 11 is 7.22. The molecular formula is C18H16ClN3O4S. The van der Waals surface area contributed by atoms with Gasteiger partial charge in [-0.25, -0.2) is 0 Å². The van der Waals surface area contributed by atoms with Crippen LogP contribution in [0.4, 0.5) is 6.01 Å². The molecule has 0 aliphatic carbocycles. The first-order valence-electron chi connectivity index (χ1n) is 7.83. The highest BCUT2D eigenvalue weighted by atomic mass is 35.5. The summed E-state index contributed by atoms with van der Waals surface area (Å²) in [5, 5.41) is 11.1. The van der Waals surface area contributed by atoms with Crippen molar-refractivity contribution in [2.24, 2.45) is 0 Å². The molecule has 9 heteroatoms. The number of nitrogens with one attached hydrogen (secondary N) is 1. The fourth-order valence-corrected chi connectivity index (χ4v) is 3.02. The van der Waals surface area contributed by atoms with E-state index in [0.717, 1.165) is 4.90 Å². The largest absolute Gasteiger partial charge is 0.497 e. The number of rotatable bonds is 7. The summed E-state index contributed by atoms with van der Waals surface area (Å²) in [7, 11) is 3.10. The third-order valence-electron chi connectivity index (χ3n) is 3.49. The molecular weight excluding hydrogens is 390 g/mol. The van der Waals surface area contributed by atoms with E-state index < -0.39 is 0 Å². The van der Waals surface area contributed by atoms with Crippen LogP contribution in [0.1, 0.15) is 0 Å². The zero-order valence-electron chi connectivity index (χ0n) is 14.6. The van der Waals surface area contributed by atoms with Crippen LogP contribution in [-0.4, -0.2) is 36.1 Å². The fraction of sp³-hybridized carbons (Fsp3) is 0.167. The van der Waals surface area contributed by atoms with E-state index in [0.29, 0.717) is 22.1 Å². The number of benzene rings is 2. The van der Waals surface area contributed by atoms with Crippen molar-refractivity contribution in [1.82, 2.24) is 10.2 Å². The predicted octanol–water partition coefficient (Wildman–Crippen LogP) is 4.14. The lowest BCUT2D eigenvalue weighted by atomic mass is 10.2. The Labute approximate surface area is 165 Å². The molecule has 0 atom stereocenters. The average molecular weight is 406 g/mol. The van der Waals surface area contributed by atoms with Gasteiger partial charge >= 0.3 is 6.01 Å². The summed E-state index contributed by atoms with van der Waals surface area (Å²) in [5.74, 6) is 1.32. The first-order valence-corrected chi connectivity index (χ1v) is 9.19. The lowest BCUT2D eigenvalue weighted by molar-refractivity contribution is -0.113. The molecule has 2 aromatic carbocycles. The molecule has 1 aromatic heterocycles.